The molecule has 1 aromatic heterocycles. The highest BCUT2D eigenvalue weighted by Crippen LogP contribution is 2.17. The first-order valence-electron chi connectivity index (χ1n) is 5.50. The average molecular weight is 229 g/mol. The summed E-state index contributed by atoms with van der Waals surface area (Å²) < 4.78 is 1.60. The lowest BCUT2D eigenvalue weighted by atomic mass is 10.1. The van der Waals surface area contributed by atoms with Gasteiger partial charge in [0.1, 0.15) is 6.54 Å². The molecule has 1 N–H and O–H groups in total. The highest BCUT2D eigenvalue weighted by atomic mass is 16.2. The Hall–Kier alpha value is -2.10. The summed E-state index contributed by atoms with van der Waals surface area (Å²) in [6.45, 7) is 4.26. The predicted octanol–water partition coefficient (Wildman–Crippen LogP) is 2.14. The highest BCUT2D eigenvalue weighted by molar-refractivity contribution is 5.91. The third-order valence-corrected chi connectivity index (χ3v) is 2.74. The standard InChI is InChI=1S/C13H15N3O/c1-10-5-3-6-12(11(10)2)15-13(17)9-16-8-4-7-14-16/h3-8H,9H2,1-2H3,(H,15,17). The first kappa shape index (κ1) is 11.4. The van der Waals surface area contributed by atoms with Crippen molar-refractivity contribution < 1.29 is 4.79 Å². The summed E-state index contributed by atoms with van der Waals surface area (Å²) in [6, 6.07) is 7.67. The van der Waals surface area contributed by atoms with E-state index < -0.39 is 0 Å². The Balaban J connectivity index is 2.06. The number of carbonyl (C=O) groups is 1. The number of aryl methyl sites for hydroxylation is 1. The van der Waals surface area contributed by atoms with Crippen LogP contribution < -0.4 is 5.32 Å². The number of hydrogen-bond acceptors (Lipinski definition) is 2. The Bertz CT molecular complexity index is 517. The number of rotatable bonds is 3. The highest BCUT2D eigenvalue weighted by Gasteiger charge is 2.06. The largest absolute Gasteiger partial charge is 0.324 e. The maximum absolute atomic E-state index is 11.8. The van der Waals surface area contributed by atoms with Crippen LogP contribution in [0.4, 0.5) is 5.69 Å². The van der Waals surface area contributed by atoms with E-state index in [0.29, 0.717) is 0 Å². The zero-order valence-electron chi connectivity index (χ0n) is 9.97. The zero-order chi connectivity index (χ0) is 12.3. The lowest BCUT2D eigenvalue weighted by Crippen LogP contribution is -2.19. The van der Waals surface area contributed by atoms with Crippen LogP contribution in [0.15, 0.2) is 36.7 Å². The van der Waals surface area contributed by atoms with Gasteiger partial charge in [-0.25, -0.2) is 0 Å². The third kappa shape index (κ3) is 2.72. The van der Waals surface area contributed by atoms with Crippen molar-refractivity contribution >= 4 is 11.6 Å². The molecule has 0 radical (unpaired) electrons. The van der Waals surface area contributed by atoms with Gasteiger partial charge < -0.3 is 5.32 Å². The zero-order valence-corrected chi connectivity index (χ0v) is 9.97. The van der Waals surface area contributed by atoms with Crippen molar-refractivity contribution in [1.29, 1.82) is 0 Å². The van der Waals surface area contributed by atoms with Crippen LogP contribution in [-0.4, -0.2) is 15.7 Å². The van der Waals surface area contributed by atoms with Gasteiger partial charge in [0.05, 0.1) is 0 Å². The molecule has 1 aromatic carbocycles. The predicted molar refractivity (Wildman–Crippen MR) is 66.8 cm³/mol. The fraction of sp³-hybridized carbons (Fsp3) is 0.231. The van der Waals surface area contributed by atoms with Crippen LogP contribution in [0.3, 0.4) is 0 Å². The SMILES string of the molecule is Cc1cccc(NC(=O)Cn2cccn2)c1C. The summed E-state index contributed by atoms with van der Waals surface area (Å²) in [5.74, 6) is -0.0672. The topological polar surface area (TPSA) is 46.9 Å². The monoisotopic (exact) mass is 229 g/mol. The van der Waals surface area contributed by atoms with Crippen molar-refractivity contribution in [2.24, 2.45) is 0 Å². The molecule has 0 atom stereocenters. The molecule has 2 rings (SSSR count). The van der Waals surface area contributed by atoms with E-state index in [1.165, 1.54) is 5.56 Å². The molecule has 1 heterocycles. The molecule has 17 heavy (non-hydrogen) atoms. The third-order valence-electron chi connectivity index (χ3n) is 2.74. The summed E-state index contributed by atoms with van der Waals surface area (Å²) in [6.07, 6.45) is 3.42. The molecule has 0 spiro atoms. The fourth-order valence-corrected chi connectivity index (χ4v) is 1.62. The van der Waals surface area contributed by atoms with Gasteiger partial charge in [-0.1, -0.05) is 12.1 Å². The smallest absolute Gasteiger partial charge is 0.246 e. The first-order valence-corrected chi connectivity index (χ1v) is 5.50. The molecule has 0 aliphatic heterocycles. The Morgan fingerprint density at radius 2 is 2.18 bits per heavy atom. The fourth-order valence-electron chi connectivity index (χ4n) is 1.62. The van der Waals surface area contributed by atoms with Gasteiger partial charge in [0.25, 0.3) is 0 Å². The molecular weight excluding hydrogens is 214 g/mol. The molecule has 2 aromatic rings. The Kier molecular flexibility index (Phi) is 3.23. The van der Waals surface area contributed by atoms with Crippen LogP contribution in [0.5, 0.6) is 0 Å². The normalized spacial score (nSPS) is 10.2. The number of amides is 1. The van der Waals surface area contributed by atoms with E-state index in [-0.39, 0.29) is 12.5 Å². The summed E-state index contributed by atoms with van der Waals surface area (Å²) in [5, 5.41) is 6.88. The number of nitrogens with zero attached hydrogens (tertiary/aromatic N) is 2. The molecule has 4 nitrogen and oxygen atoms in total. The van der Waals surface area contributed by atoms with Crippen LogP contribution in [0, 0.1) is 13.8 Å². The lowest BCUT2D eigenvalue weighted by molar-refractivity contribution is -0.116. The molecule has 0 bridgehead atoms. The van der Waals surface area contributed by atoms with Crippen molar-refractivity contribution in [3.8, 4) is 0 Å². The molecule has 0 aliphatic carbocycles. The number of hydrogen-bond donors (Lipinski definition) is 1. The van der Waals surface area contributed by atoms with Crippen molar-refractivity contribution in [2.45, 2.75) is 20.4 Å². The second-order valence-corrected chi connectivity index (χ2v) is 4.00. The first-order chi connectivity index (χ1) is 8.16. The van der Waals surface area contributed by atoms with Gasteiger partial charge in [0, 0.05) is 18.1 Å². The van der Waals surface area contributed by atoms with Gasteiger partial charge in [-0.05, 0) is 37.1 Å². The molecule has 0 unspecified atom stereocenters. The minimum Gasteiger partial charge on any atom is -0.324 e. The minimum absolute atomic E-state index is 0.0672. The van der Waals surface area contributed by atoms with Crippen LogP contribution in [0.25, 0.3) is 0 Å². The number of benzene rings is 1. The summed E-state index contributed by atoms with van der Waals surface area (Å²) >= 11 is 0. The van der Waals surface area contributed by atoms with Gasteiger partial charge in [-0.15, -0.1) is 0 Å². The van der Waals surface area contributed by atoms with E-state index in [1.54, 1.807) is 23.1 Å². The van der Waals surface area contributed by atoms with Gasteiger partial charge in [-0.3, -0.25) is 9.48 Å². The Labute approximate surface area is 100 Å². The molecule has 1 amide bonds. The molecule has 0 fully saturated rings. The van der Waals surface area contributed by atoms with Crippen LogP contribution in [-0.2, 0) is 11.3 Å². The molecular formula is C13H15N3O. The summed E-state index contributed by atoms with van der Waals surface area (Å²) in [5.41, 5.74) is 3.13. The number of nitrogens with one attached hydrogen (secondary N) is 1. The summed E-state index contributed by atoms with van der Waals surface area (Å²) in [7, 11) is 0. The second-order valence-electron chi connectivity index (χ2n) is 4.00. The number of aromatic nitrogens is 2. The van der Waals surface area contributed by atoms with E-state index in [4.69, 9.17) is 0 Å². The van der Waals surface area contributed by atoms with E-state index in [0.717, 1.165) is 11.3 Å². The quantitative estimate of drug-likeness (QED) is 0.876. The summed E-state index contributed by atoms with van der Waals surface area (Å²) in [4.78, 5) is 11.8. The van der Waals surface area contributed by atoms with E-state index in [2.05, 4.69) is 10.4 Å². The van der Waals surface area contributed by atoms with Gasteiger partial charge >= 0.3 is 0 Å². The van der Waals surface area contributed by atoms with E-state index in [9.17, 15) is 4.79 Å². The lowest BCUT2D eigenvalue weighted by Gasteiger charge is -2.10. The van der Waals surface area contributed by atoms with Crippen LogP contribution in [0.1, 0.15) is 11.1 Å². The van der Waals surface area contributed by atoms with Gasteiger partial charge in [0.15, 0.2) is 0 Å². The Morgan fingerprint density at radius 3 is 2.88 bits per heavy atom. The molecule has 0 saturated carbocycles. The molecule has 4 heteroatoms. The number of carbonyl (C=O) groups excluding carboxylic acids is 1. The molecule has 88 valence electrons. The number of anilines is 1. The molecule has 0 aliphatic rings. The average Bonchev–Trinajstić information content (AvgIpc) is 2.77. The van der Waals surface area contributed by atoms with Crippen LogP contribution >= 0.6 is 0 Å². The van der Waals surface area contributed by atoms with Gasteiger partial charge in [-0.2, -0.15) is 5.10 Å². The van der Waals surface area contributed by atoms with E-state index in [1.807, 2.05) is 32.0 Å². The van der Waals surface area contributed by atoms with Crippen molar-refractivity contribution in [3.63, 3.8) is 0 Å². The van der Waals surface area contributed by atoms with Crippen molar-refractivity contribution in [1.82, 2.24) is 9.78 Å². The Morgan fingerprint density at radius 1 is 1.35 bits per heavy atom. The second kappa shape index (κ2) is 4.82. The molecule has 0 saturated heterocycles. The van der Waals surface area contributed by atoms with E-state index >= 15 is 0 Å². The van der Waals surface area contributed by atoms with Crippen molar-refractivity contribution in [3.05, 3.63) is 47.8 Å². The minimum atomic E-state index is -0.0672. The maximum atomic E-state index is 11.8. The van der Waals surface area contributed by atoms with Crippen molar-refractivity contribution in [2.75, 3.05) is 5.32 Å². The van der Waals surface area contributed by atoms with Gasteiger partial charge in [0.2, 0.25) is 5.91 Å². The maximum Gasteiger partial charge on any atom is 0.246 e. The van der Waals surface area contributed by atoms with Crippen LogP contribution in [0.2, 0.25) is 0 Å².